The van der Waals surface area contributed by atoms with Crippen LogP contribution in [-0.2, 0) is 11.2 Å². The summed E-state index contributed by atoms with van der Waals surface area (Å²) >= 11 is 0. The highest BCUT2D eigenvalue weighted by molar-refractivity contribution is 5.94. The second kappa shape index (κ2) is 6.04. The first-order valence-corrected chi connectivity index (χ1v) is 6.35. The van der Waals surface area contributed by atoms with Gasteiger partial charge < -0.3 is 11.1 Å². The molecule has 0 bridgehead atoms. The van der Waals surface area contributed by atoms with Crippen molar-refractivity contribution in [3.05, 3.63) is 63.7 Å². The molecule has 0 heterocycles. The standard InChI is InChI=1S/C15H15N3O3/c1-10-5-6-14(18(20)21)13(7-10)17-15(19)9-11-3-2-4-12(16)8-11/h2-8H,9,16H2,1H3,(H,17,19). The van der Waals surface area contributed by atoms with Crippen molar-refractivity contribution < 1.29 is 9.72 Å². The van der Waals surface area contributed by atoms with E-state index in [0.29, 0.717) is 5.69 Å². The summed E-state index contributed by atoms with van der Waals surface area (Å²) in [6.45, 7) is 1.80. The summed E-state index contributed by atoms with van der Waals surface area (Å²) in [7, 11) is 0. The Hall–Kier alpha value is -2.89. The Morgan fingerprint density at radius 1 is 1.29 bits per heavy atom. The lowest BCUT2D eigenvalue weighted by Gasteiger charge is -2.07. The number of carbonyl (C=O) groups is 1. The van der Waals surface area contributed by atoms with Crippen LogP contribution in [0.4, 0.5) is 17.1 Å². The van der Waals surface area contributed by atoms with Crippen molar-refractivity contribution in [2.24, 2.45) is 0 Å². The second-order valence-electron chi connectivity index (χ2n) is 4.75. The minimum Gasteiger partial charge on any atom is -0.399 e. The van der Waals surface area contributed by atoms with Gasteiger partial charge in [-0.3, -0.25) is 14.9 Å². The topological polar surface area (TPSA) is 98.3 Å². The van der Waals surface area contributed by atoms with E-state index in [4.69, 9.17) is 5.73 Å². The first kappa shape index (κ1) is 14.5. The summed E-state index contributed by atoms with van der Waals surface area (Å²) in [5, 5.41) is 13.5. The Kier molecular flexibility index (Phi) is 4.18. The molecule has 0 unspecified atom stereocenters. The summed E-state index contributed by atoms with van der Waals surface area (Å²) in [5.74, 6) is -0.325. The third kappa shape index (κ3) is 3.79. The third-order valence-electron chi connectivity index (χ3n) is 2.94. The van der Waals surface area contributed by atoms with Gasteiger partial charge in [0.15, 0.2) is 0 Å². The van der Waals surface area contributed by atoms with Gasteiger partial charge >= 0.3 is 0 Å². The number of amides is 1. The van der Waals surface area contributed by atoms with Gasteiger partial charge in [-0.05, 0) is 36.2 Å². The van der Waals surface area contributed by atoms with Crippen LogP contribution in [0.1, 0.15) is 11.1 Å². The van der Waals surface area contributed by atoms with Gasteiger partial charge in [-0.1, -0.05) is 18.2 Å². The van der Waals surface area contributed by atoms with Crippen LogP contribution in [0.25, 0.3) is 0 Å². The number of hydrogen-bond donors (Lipinski definition) is 2. The van der Waals surface area contributed by atoms with Gasteiger partial charge in [-0.25, -0.2) is 0 Å². The van der Waals surface area contributed by atoms with E-state index in [1.165, 1.54) is 6.07 Å². The van der Waals surface area contributed by atoms with E-state index in [0.717, 1.165) is 11.1 Å². The van der Waals surface area contributed by atoms with E-state index < -0.39 is 4.92 Å². The molecule has 0 spiro atoms. The monoisotopic (exact) mass is 285 g/mol. The van der Waals surface area contributed by atoms with E-state index in [2.05, 4.69) is 5.32 Å². The van der Waals surface area contributed by atoms with Crippen molar-refractivity contribution in [1.29, 1.82) is 0 Å². The average molecular weight is 285 g/mol. The summed E-state index contributed by atoms with van der Waals surface area (Å²) in [6, 6.07) is 11.6. The number of carbonyl (C=O) groups excluding carboxylic acids is 1. The molecular formula is C15H15N3O3. The Bertz CT molecular complexity index is 698. The van der Waals surface area contributed by atoms with Gasteiger partial charge in [0.2, 0.25) is 5.91 Å². The molecule has 0 aliphatic heterocycles. The summed E-state index contributed by atoms with van der Waals surface area (Å²) in [5.41, 5.74) is 7.89. The van der Waals surface area contributed by atoms with Crippen LogP contribution in [0.2, 0.25) is 0 Å². The molecule has 3 N–H and O–H groups in total. The van der Waals surface area contributed by atoms with Gasteiger partial charge in [0.05, 0.1) is 11.3 Å². The Labute approximate surface area is 121 Å². The minimum absolute atomic E-state index is 0.107. The fourth-order valence-electron chi connectivity index (χ4n) is 1.99. The summed E-state index contributed by atoms with van der Waals surface area (Å²) in [6.07, 6.45) is 0.107. The fraction of sp³-hybridized carbons (Fsp3) is 0.133. The third-order valence-corrected chi connectivity index (χ3v) is 2.94. The molecule has 2 aromatic rings. The lowest BCUT2D eigenvalue weighted by Crippen LogP contribution is -2.15. The van der Waals surface area contributed by atoms with Gasteiger partial charge in [0.25, 0.3) is 5.69 Å². The van der Waals surface area contributed by atoms with Crippen molar-refractivity contribution in [3.63, 3.8) is 0 Å². The quantitative estimate of drug-likeness (QED) is 0.512. The number of hydrogen-bond acceptors (Lipinski definition) is 4. The number of benzene rings is 2. The summed E-state index contributed by atoms with van der Waals surface area (Å²) in [4.78, 5) is 22.4. The largest absolute Gasteiger partial charge is 0.399 e. The van der Waals surface area contributed by atoms with Gasteiger partial charge in [-0.15, -0.1) is 0 Å². The van der Waals surface area contributed by atoms with Crippen molar-refractivity contribution in [3.8, 4) is 0 Å². The molecule has 0 saturated heterocycles. The molecule has 0 aromatic heterocycles. The number of rotatable bonds is 4. The van der Waals surface area contributed by atoms with Crippen LogP contribution in [0.3, 0.4) is 0 Å². The van der Waals surface area contributed by atoms with Crippen molar-refractivity contribution in [2.75, 3.05) is 11.1 Å². The second-order valence-corrected chi connectivity index (χ2v) is 4.75. The Morgan fingerprint density at radius 2 is 2.05 bits per heavy atom. The van der Waals surface area contributed by atoms with Gasteiger partial charge in [-0.2, -0.15) is 0 Å². The van der Waals surface area contributed by atoms with Crippen LogP contribution in [-0.4, -0.2) is 10.8 Å². The first-order valence-electron chi connectivity index (χ1n) is 6.35. The van der Waals surface area contributed by atoms with Crippen molar-refractivity contribution in [2.45, 2.75) is 13.3 Å². The predicted molar refractivity (Wildman–Crippen MR) is 81.0 cm³/mol. The number of nitrogens with zero attached hydrogens (tertiary/aromatic N) is 1. The first-order chi connectivity index (χ1) is 9.95. The van der Waals surface area contributed by atoms with Crippen LogP contribution in [0, 0.1) is 17.0 Å². The highest BCUT2D eigenvalue weighted by atomic mass is 16.6. The molecule has 2 rings (SSSR count). The molecule has 0 fully saturated rings. The van der Waals surface area contributed by atoms with E-state index in [9.17, 15) is 14.9 Å². The van der Waals surface area contributed by atoms with Gasteiger partial charge in [0.1, 0.15) is 5.69 Å². The SMILES string of the molecule is Cc1ccc([N+](=O)[O-])c(NC(=O)Cc2cccc(N)c2)c1. The fourth-order valence-corrected chi connectivity index (χ4v) is 1.99. The maximum atomic E-state index is 12.0. The van der Waals surface area contributed by atoms with E-state index >= 15 is 0 Å². The molecule has 2 aromatic carbocycles. The lowest BCUT2D eigenvalue weighted by molar-refractivity contribution is -0.383. The number of aryl methyl sites for hydroxylation is 1. The zero-order chi connectivity index (χ0) is 15.4. The zero-order valence-corrected chi connectivity index (χ0v) is 11.5. The normalized spacial score (nSPS) is 10.1. The molecule has 0 radical (unpaired) electrons. The molecule has 0 atom stereocenters. The van der Waals surface area contributed by atoms with Crippen molar-refractivity contribution >= 4 is 23.0 Å². The number of anilines is 2. The molecule has 0 aliphatic carbocycles. The minimum atomic E-state index is -0.518. The van der Waals surface area contributed by atoms with Crippen LogP contribution in [0.5, 0.6) is 0 Å². The molecule has 6 heteroatoms. The maximum absolute atomic E-state index is 12.0. The summed E-state index contributed by atoms with van der Waals surface area (Å²) < 4.78 is 0. The maximum Gasteiger partial charge on any atom is 0.292 e. The number of nitrogens with two attached hydrogens (primary N) is 1. The number of nitro benzene ring substituents is 1. The number of nitro groups is 1. The van der Waals surface area contributed by atoms with E-state index in [-0.39, 0.29) is 23.7 Å². The molecule has 0 saturated carbocycles. The number of nitrogens with one attached hydrogen (secondary N) is 1. The predicted octanol–water partition coefficient (Wildman–Crippen LogP) is 2.67. The highest BCUT2D eigenvalue weighted by Gasteiger charge is 2.15. The Morgan fingerprint density at radius 3 is 2.71 bits per heavy atom. The smallest absolute Gasteiger partial charge is 0.292 e. The molecule has 0 aliphatic rings. The van der Waals surface area contributed by atoms with E-state index in [1.54, 1.807) is 43.3 Å². The lowest BCUT2D eigenvalue weighted by atomic mass is 10.1. The van der Waals surface area contributed by atoms with Crippen molar-refractivity contribution in [1.82, 2.24) is 0 Å². The van der Waals surface area contributed by atoms with Gasteiger partial charge in [0, 0.05) is 11.8 Å². The van der Waals surface area contributed by atoms with E-state index in [1.807, 2.05) is 0 Å². The Balaban J connectivity index is 2.16. The van der Waals surface area contributed by atoms with Crippen LogP contribution < -0.4 is 11.1 Å². The highest BCUT2D eigenvalue weighted by Crippen LogP contribution is 2.25. The van der Waals surface area contributed by atoms with Crippen LogP contribution in [0.15, 0.2) is 42.5 Å². The number of nitrogen functional groups attached to an aromatic ring is 1. The molecule has 108 valence electrons. The molecule has 21 heavy (non-hydrogen) atoms. The molecule has 1 amide bonds. The van der Waals surface area contributed by atoms with Crippen LogP contribution >= 0.6 is 0 Å². The zero-order valence-electron chi connectivity index (χ0n) is 11.5. The molecule has 6 nitrogen and oxygen atoms in total. The molecular weight excluding hydrogens is 270 g/mol. The average Bonchev–Trinajstić information content (AvgIpc) is 2.38.